The molecule has 2 aliphatic heterocycles. The highest BCUT2D eigenvalue weighted by Gasteiger charge is 2.59. The van der Waals surface area contributed by atoms with Crippen molar-refractivity contribution in [2.45, 2.75) is 18.9 Å². The van der Waals surface area contributed by atoms with E-state index in [0.29, 0.717) is 12.2 Å². The minimum Gasteiger partial charge on any atom is -0.356 e. The molecule has 1 aromatic heterocycles. The Morgan fingerprint density at radius 2 is 1.62 bits per heavy atom. The lowest BCUT2D eigenvalue weighted by Gasteiger charge is -2.35. The Hall–Kier alpha value is -3.60. The second kappa shape index (κ2) is 5.47. The summed E-state index contributed by atoms with van der Waals surface area (Å²) in [6.07, 6.45) is 0.733. The summed E-state index contributed by atoms with van der Waals surface area (Å²) in [7, 11) is 0. The van der Waals surface area contributed by atoms with E-state index < -0.39 is 5.54 Å². The highest BCUT2D eigenvalue weighted by Crippen LogP contribution is 2.46. The van der Waals surface area contributed by atoms with Crippen molar-refractivity contribution < 1.29 is 9.59 Å². The summed E-state index contributed by atoms with van der Waals surface area (Å²) in [4.78, 5) is 33.8. The van der Waals surface area contributed by atoms with Gasteiger partial charge >= 0.3 is 6.03 Å². The number of urea groups is 1. The number of fused-ring (bicyclic) bond motifs is 6. The monoisotopic (exact) mass is 381 g/mol. The molecule has 5 nitrogen and oxygen atoms in total. The maximum atomic E-state index is 13.8. The quantitative estimate of drug-likeness (QED) is 0.492. The molecule has 0 radical (unpaired) electrons. The lowest BCUT2D eigenvalue weighted by atomic mass is 9.87. The van der Waals surface area contributed by atoms with Gasteiger partial charge in [0, 0.05) is 22.8 Å². The zero-order valence-corrected chi connectivity index (χ0v) is 16.0. The van der Waals surface area contributed by atoms with E-state index in [-0.39, 0.29) is 11.9 Å². The van der Waals surface area contributed by atoms with Gasteiger partial charge in [-0.1, -0.05) is 54.6 Å². The molecular formula is C24H19N3O2. The van der Waals surface area contributed by atoms with Gasteiger partial charge in [0.1, 0.15) is 0 Å². The minimum atomic E-state index is -1.03. The number of benzene rings is 3. The number of rotatable bonds is 1. The molecule has 3 aromatic carbocycles. The Kier molecular flexibility index (Phi) is 3.09. The molecule has 3 heterocycles. The molecule has 1 atom stereocenters. The Balaban J connectivity index is 1.57. The number of carbonyl (C=O) groups is 2. The molecule has 0 spiro atoms. The summed E-state index contributed by atoms with van der Waals surface area (Å²) in [6.45, 7) is 2.39. The van der Waals surface area contributed by atoms with Gasteiger partial charge in [-0.3, -0.25) is 4.79 Å². The van der Waals surface area contributed by atoms with E-state index in [1.165, 1.54) is 4.90 Å². The molecule has 1 fully saturated rings. The molecule has 142 valence electrons. The SMILES string of the molecule is C[C@]12C(=O)N(c3cccc4ccccc34)C(=O)N1CCc1c2[nH]c2ccccc12. The third-order valence-corrected chi connectivity index (χ3v) is 6.47. The van der Waals surface area contributed by atoms with Crippen molar-refractivity contribution in [3.8, 4) is 0 Å². The first kappa shape index (κ1) is 16.4. The number of aromatic nitrogens is 1. The number of imide groups is 1. The third kappa shape index (κ3) is 1.94. The number of carbonyl (C=O) groups excluding carboxylic acids is 2. The highest BCUT2D eigenvalue weighted by atomic mass is 16.2. The molecule has 1 saturated heterocycles. The minimum absolute atomic E-state index is 0.202. The number of anilines is 1. The fourth-order valence-corrected chi connectivity index (χ4v) is 5.01. The van der Waals surface area contributed by atoms with Crippen LogP contribution in [0.1, 0.15) is 18.2 Å². The lowest BCUT2D eigenvalue weighted by Crippen LogP contribution is -2.49. The van der Waals surface area contributed by atoms with Crippen molar-refractivity contribution in [2.24, 2.45) is 0 Å². The first-order chi connectivity index (χ1) is 14.1. The van der Waals surface area contributed by atoms with E-state index in [2.05, 4.69) is 11.1 Å². The number of nitrogens with one attached hydrogen (secondary N) is 1. The van der Waals surface area contributed by atoms with Crippen molar-refractivity contribution in [3.63, 3.8) is 0 Å². The molecule has 2 aliphatic rings. The van der Waals surface area contributed by atoms with Crippen LogP contribution in [0, 0.1) is 0 Å². The second-order valence-corrected chi connectivity index (χ2v) is 7.92. The summed E-state index contributed by atoms with van der Waals surface area (Å²) in [5, 5.41) is 3.04. The predicted octanol–water partition coefficient (Wildman–Crippen LogP) is 4.56. The van der Waals surface area contributed by atoms with Crippen molar-refractivity contribution in [3.05, 3.63) is 78.0 Å². The summed E-state index contributed by atoms with van der Waals surface area (Å²) >= 11 is 0. The van der Waals surface area contributed by atoms with Gasteiger partial charge in [0.05, 0.1) is 11.4 Å². The van der Waals surface area contributed by atoms with Crippen LogP contribution in [0.5, 0.6) is 0 Å². The number of amides is 3. The Labute approximate surface area is 167 Å². The van der Waals surface area contributed by atoms with Crippen LogP contribution in [0.2, 0.25) is 0 Å². The fourth-order valence-electron chi connectivity index (χ4n) is 5.01. The molecule has 0 bridgehead atoms. The second-order valence-electron chi connectivity index (χ2n) is 7.92. The van der Waals surface area contributed by atoms with E-state index in [1.54, 1.807) is 4.90 Å². The van der Waals surface area contributed by atoms with E-state index >= 15 is 0 Å². The zero-order chi connectivity index (χ0) is 19.8. The van der Waals surface area contributed by atoms with Gasteiger partial charge in [-0.15, -0.1) is 0 Å². The first-order valence-corrected chi connectivity index (χ1v) is 9.84. The van der Waals surface area contributed by atoms with Crippen molar-refractivity contribution in [1.29, 1.82) is 0 Å². The molecule has 6 rings (SSSR count). The van der Waals surface area contributed by atoms with Gasteiger partial charge in [0.15, 0.2) is 5.54 Å². The smallest absolute Gasteiger partial charge is 0.332 e. The van der Waals surface area contributed by atoms with Crippen LogP contribution >= 0.6 is 0 Å². The standard InChI is InChI=1S/C24H19N3O2/c1-24-21-18(17-10-4-5-11-19(17)25-21)13-14-26(24)23(29)27(22(24)28)20-12-6-8-15-7-2-3-9-16(15)20/h2-12,25H,13-14H2,1H3/t24-/m0/s1. The number of aromatic amines is 1. The third-order valence-electron chi connectivity index (χ3n) is 6.47. The predicted molar refractivity (Wildman–Crippen MR) is 113 cm³/mol. The average Bonchev–Trinajstić information content (AvgIpc) is 3.22. The zero-order valence-electron chi connectivity index (χ0n) is 16.0. The summed E-state index contributed by atoms with van der Waals surface area (Å²) in [6, 6.07) is 21.4. The highest BCUT2D eigenvalue weighted by molar-refractivity contribution is 6.26. The van der Waals surface area contributed by atoms with Crippen LogP contribution in [-0.4, -0.2) is 28.4 Å². The van der Waals surface area contributed by atoms with Crippen LogP contribution in [0.15, 0.2) is 66.7 Å². The number of para-hydroxylation sites is 1. The van der Waals surface area contributed by atoms with Gasteiger partial charge in [-0.05, 0) is 36.4 Å². The molecule has 0 unspecified atom stereocenters. The van der Waals surface area contributed by atoms with Gasteiger partial charge in [-0.25, -0.2) is 9.69 Å². The molecular weight excluding hydrogens is 362 g/mol. The maximum absolute atomic E-state index is 13.8. The summed E-state index contributed by atoms with van der Waals surface area (Å²) in [5.74, 6) is -0.202. The molecule has 4 aromatic rings. The summed E-state index contributed by atoms with van der Waals surface area (Å²) in [5.41, 5.74) is 2.60. The van der Waals surface area contributed by atoms with E-state index in [0.717, 1.165) is 39.4 Å². The van der Waals surface area contributed by atoms with Gasteiger partial charge in [0.2, 0.25) is 0 Å². The van der Waals surface area contributed by atoms with E-state index in [1.807, 2.05) is 67.6 Å². The van der Waals surface area contributed by atoms with Gasteiger partial charge < -0.3 is 9.88 Å². The molecule has 0 saturated carbocycles. The average molecular weight is 381 g/mol. The number of H-pyrrole nitrogens is 1. The number of hydrogen-bond donors (Lipinski definition) is 1. The molecule has 1 N–H and O–H groups in total. The van der Waals surface area contributed by atoms with E-state index in [9.17, 15) is 9.59 Å². The van der Waals surface area contributed by atoms with Gasteiger partial charge in [-0.2, -0.15) is 0 Å². The normalized spacial score (nSPS) is 21.1. The largest absolute Gasteiger partial charge is 0.356 e. The van der Waals surface area contributed by atoms with Crippen molar-refractivity contribution in [2.75, 3.05) is 11.4 Å². The first-order valence-electron chi connectivity index (χ1n) is 9.84. The van der Waals surface area contributed by atoms with Crippen molar-refractivity contribution >= 4 is 39.3 Å². The fraction of sp³-hybridized carbons (Fsp3) is 0.167. The molecule has 0 aliphatic carbocycles. The van der Waals surface area contributed by atoms with Crippen LogP contribution in [0.3, 0.4) is 0 Å². The van der Waals surface area contributed by atoms with Gasteiger partial charge in [0.25, 0.3) is 5.91 Å². The summed E-state index contributed by atoms with van der Waals surface area (Å²) < 4.78 is 0. The van der Waals surface area contributed by atoms with Crippen LogP contribution in [0.25, 0.3) is 21.7 Å². The number of hydrogen-bond acceptors (Lipinski definition) is 2. The number of nitrogens with zero attached hydrogens (tertiary/aromatic N) is 2. The topological polar surface area (TPSA) is 56.4 Å². The Bertz CT molecular complexity index is 1330. The maximum Gasteiger partial charge on any atom is 0.332 e. The lowest BCUT2D eigenvalue weighted by molar-refractivity contribution is -0.125. The molecule has 29 heavy (non-hydrogen) atoms. The molecule has 5 heteroatoms. The van der Waals surface area contributed by atoms with Crippen molar-refractivity contribution in [1.82, 2.24) is 9.88 Å². The Morgan fingerprint density at radius 3 is 2.48 bits per heavy atom. The van der Waals surface area contributed by atoms with Crippen LogP contribution < -0.4 is 4.90 Å². The van der Waals surface area contributed by atoms with Crippen LogP contribution in [-0.2, 0) is 16.8 Å². The Morgan fingerprint density at radius 1 is 0.897 bits per heavy atom. The van der Waals surface area contributed by atoms with E-state index in [4.69, 9.17) is 0 Å². The molecule has 3 amide bonds. The van der Waals surface area contributed by atoms with Crippen LogP contribution in [0.4, 0.5) is 10.5 Å².